The molecular weight excluding hydrogens is 336 g/mol. The van der Waals surface area contributed by atoms with Crippen LogP contribution in [0.5, 0.6) is 0 Å². The van der Waals surface area contributed by atoms with Crippen LogP contribution in [-0.2, 0) is 0 Å². The quantitative estimate of drug-likeness (QED) is 0.768. The molecule has 1 aliphatic heterocycles. The van der Waals surface area contributed by atoms with Gasteiger partial charge in [0.1, 0.15) is 0 Å². The van der Waals surface area contributed by atoms with Gasteiger partial charge in [-0.3, -0.25) is 9.78 Å². The molecule has 1 aromatic heterocycles. The molecule has 0 bridgehead atoms. The topological polar surface area (TPSA) is 66.1 Å². The van der Waals surface area contributed by atoms with Crippen LogP contribution in [0.25, 0.3) is 0 Å². The van der Waals surface area contributed by atoms with E-state index < -0.39 is 0 Å². The molecule has 3 N–H and O–H groups in total. The molecule has 1 aliphatic carbocycles. The first-order valence-electron chi connectivity index (χ1n) is 9.62. The van der Waals surface area contributed by atoms with Crippen molar-refractivity contribution in [2.24, 2.45) is 5.92 Å². The molecule has 0 spiro atoms. The minimum absolute atomic E-state index is 0.0838. The van der Waals surface area contributed by atoms with Gasteiger partial charge < -0.3 is 16.0 Å². The number of carbonyl (C=O) groups excluding carboxylic acids is 1. The molecule has 5 nitrogen and oxygen atoms in total. The molecular formula is C19H29ClN4O. The lowest BCUT2D eigenvalue weighted by Gasteiger charge is -2.24. The van der Waals surface area contributed by atoms with E-state index in [0.29, 0.717) is 16.5 Å². The van der Waals surface area contributed by atoms with Crippen molar-refractivity contribution in [3.63, 3.8) is 0 Å². The molecule has 1 saturated heterocycles. The molecule has 0 radical (unpaired) electrons. The second kappa shape index (κ2) is 9.51. The maximum absolute atomic E-state index is 12.6. The average Bonchev–Trinajstić information content (AvgIpc) is 2.62. The number of amides is 1. The summed E-state index contributed by atoms with van der Waals surface area (Å²) in [6.07, 6.45) is 10.6. The van der Waals surface area contributed by atoms with Crippen molar-refractivity contribution in [3.8, 4) is 0 Å². The van der Waals surface area contributed by atoms with Crippen LogP contribution >= 0.6 is 11.6 Å². The number of rotatable bonds is 4. The summed E-state index contributed by atoms with van der Waals surface area (Å²) >= 11 is 6.24. The third kappa shape index (κ3) is 5.40. The second-order valence-electron chi connectivity index (χ2n) is 7.22. The maximum Gasteiger partial charge on any atom is 0.252 e. The standard InChI is InChI=1S/C19H29ClN4O/c20-16-12-23-17(18-13-21-8-9-22-18)10-15(16)19(25)24-11-14-6-4-2-1-3-5-7-14/h10,12,14,18,21-22H,1-9,11,13H2,(H,24,25). The minimum atomic E-state index is -0.0838. The van der Waals surface area contributed by atoms with Gasteiger partial charge in [0.25, 0.3) is 5.91 Å². The number of aromatic nitrogens is 1. The summed E-state index contributed by atoms with van der Waals surface area (Å²) in [4.78, 5) is 17.0. The zero-order chi connectivity index (χ0) is 17.5. The van der Waals surface area contributed by atoms with Crippen molar-refractivity contribution in [3.05, 3.63) is 28.5 Å². The molecule has 138 valence electrons. The summed E-state index contributed by atoms with van der Waals surface area (Å²) in [7, 11) is 0. The Bertz CT molecular complexity index is 567. The summed E-state index contributed by atoms with van der Waals surface area (Å²) in [6.45, 7) is 3.42. The number of piperazine rings is 1. The fourth-order valence-corrected chi connectivity index (χ4v) is 3.95. The first kappa shape index (κ1) is 18.6. The van der Waals surface area contributed by atoms with Gasteiger partial charge in [0, 0.05) is 32.4 Å². The van der Waals surface area contributed by atoms with Gasteiger partial charge in [-0.05, 0) is 24.8 Å². The molecule has 25 heavy (non-hydrogen) atoms. The Kier molecular flexibility index (Phi) is 7.08. The van der Waals surface area contributed by atoms with E-state index in [9.17, 15) is 4.79 Å². The normalized spacial score (nSPS) is 22.8. The van der Waals surface area contributed by atoms with Gasteiger partial charge in [-0.15, -0.1) is 0 Å². The van der Waals surface area contributed by atoms with Gasteiger partial charge in [-0.2, -0.15) is 0 Å². The smallest absolute Gasteiger partial charge is 0.252 e. The predicted octanol–water partition coefficient (Wildman–Crippen LogP) is 3.06. The van der Waals surface area contributed by atoms with E-state index in [1.54, 1.807) is 6.20 Å². The molecule has 1 amide bonds. The number of nitrogens with one attached hydrogen (secondary N) is 3. The summed E-state index contributed by atoms with van der Waals surface area (Å²) in [5.74, 6) is 0.507. The molecule has 2 aliphatic rings. The van der Waals surface area contributed by atoms with Crippen LogP contribution in [0.15, 0.2) is 12.3 Å². The van der Waals surface area contributed by atoms with Gasteiger partial charge in [-0.1, -0.05) is 43.7 Å². The van der Waals surface area contributed by atoms with Crippen molar-refractivity contribution in [1.82, 2.24) is 20.9 Å². The number of pyridine rings is 1. The molecule has 6 heteroatoms. The summed E-state index contributed by atoms with van der Waals surface area (Å²) < 4.78 is 0. The Morgan fingerprint density at radius 1 is 1.20 bits per heavy atom. The van der Waals surface area contributed by atoms with E-state index in [1.807, 2.05) is 6.07 Å². The zero-order valence-corrected chi connectivity index (χ0v) is 15.6. The Balaban J connectivity index is 1.60. The van der Waals surface area contributed by atoms with Crippen molar-refractivity contribution in [1.29, 1.82) is 0 Å². The first-order chi connectivity index (χ1) is 12.2. The highest BCUT2D eigenvalue weighted by Gasteiger charge is 2.20. The molecule has 1 saturated carbocycles. The SMILES string of the molecule is O=C(NCC1CCCCCCC1)c1cc(C2CNCCN2)ncc1Cl. The number of nitrogens with zero attached hydrogens (tertiary/aromatic N) is 1. The van der Waals surface area contributed by atoms with Crippen LogP contribution in [0.3, 0.4) is 0 Å². The van der Waals surface area contributed by atoms with Crippen LogP contribution in [0.4, 0.5) is 0 Å². The second-order valence-corrected chi connectivity index (χ2v) is 7.63. The van der Waals surface area contributed by atoms with Gasteiger partial charge in [0.15, 0.2) is 0 Å². The Morgan fingerprint density at radius 2 is 1.96 bits per heavy atom. The average molecular weight is 365 g/mol. The van der Waals surface area contributed by atoms with Crippen molar-refractivity contribution < 1.29 is 4.79 Å². The van der Waals surface area contributed by atoms with E-state index in [4.69, 9.17) is 11.6 Å². The van der Waals surface area contributed by atoms with E-state index in [-0.39, 0.29) is 11.9 Å². The number of hydrogen-bond acceptors (Lipinski definition) is 4. The Morgan fingerprint density at radius 3 is 2.68 bits per heavy atom. The zero-order valence-electron chi connectivity index (χ0n) is 14.8. The first-order valence-corrected chi connectivity index (χ1v) is 9.99. The van der Waals surface area contributed by atoms with Crippen molar-refractivity contribution in [2.45, 2.75) is 51.0 Å². The van der Waals surface area contributed by atoms with Crippen LogP contribution in [-0.4, -0.2) is 37.1 Å². The maximum atomic E-state index is 12.6. The Hall–Kier alpha value is -1.17. The van der Waals surface area contributed by atoms with Gasteiger partial charge in [0.05, 0.1) is 22.3 Å². The highest BCUT2D eigenvalue weighted by molar-refractivity contribution is 6.33. The summed E-state index contributed by atoms with van der Waals surface area (Å²) in [5.41, 5.74) is 1.40. The number of halogens is 1. The number of hydrogen-bond donors (Lipinski definition) is 3. The molecule has 1 aromatic rings. The van der Waals surface area contributed by atoms with E-state index in [1.165, 1.54) is 44.9 Å². The number of carbonyl (C=O) groups is 1. The van der Waals surface area contributed by atoms with E-state index >= 15 is 0 Å². The highest BCUT2D eigenvalue weighted by atomic mass is 35.5. The lowest BCUT2D eigenvalue weighted by atomic mass is 9.91. The Labute approximate surface area is 155 Å². The molecule has 3 rings (SSSR count). The van der Waals surface area contributed by atoms with Gasteiger partial charge in [-0.25, -0.2) is 0 Å². The molecule has 2 heterocycles. The predicted molar refractivity (Wildman–Crippen MR) is 101 cm³/mol. The largest absolute Gasteiger partial charge is 0.352 e. The monoisotopic (exact) mass is 364 g/mol. The van der Waals surface area contributed by atoms with Gasteiger partial charge in [0.2, 0.25) is 0 Å². The van der Waals surface area contributed by atoms with E-state index in [2.05, 4.69) is 20.9 Å². The fraction of sp³-hybridized carbons (Fsp3) is 0.684. The lowest BCUT2D eigenvalue weighted by molar-refractivity contribution is 0.0944. The fourth-order valence-electron chi connectivity index (χ4n) is 3.76. The molecule has 0 aromatic carbocycles. The van der Waals surface area contributed by atoms with E-state index in [0.717, 1.165) is 31.9 Å². The van der Waals surface area contributed by atoms with Crippen molar-refractivity contribution in [2.75, 3.05) is 26.2 Å². The lowest BCUT2D eigenvalue weighted by Crippen LogP contribution is -2.43. The summed E-state index contributed by atoms with van der Waals surface area (Å²) in [6, 6.07) is 1.96. The highest BCUT2D eigenvalue weighted by Crippen LogP contribution is 2.23. The van der Waals surface area contributed by atoms with Gasteiger partial charge >= 0.3 is 0 Å². The van der Waals surface area contributed by atoms with Crippen LogP contribution in [0, 0.1) is 5.92 Å². The van der Waals surface area contributed by atoms with Crippen LogP contribution in [0.1, 0.15) is 67.0 Å². The molecule has 2 fully saturated rings. The molecule has 1 unspecified atom stereocenters. The van der Waals surface area contributed by atoms with Crippen molar-refractivity contribution >= 4 is 17.5 Å². The molecule has 1 atom stereocenters. The third-order valence-corrected chi connectivity index (χ3v) is 5.60. The van der Waals surface area contributed by atoms with Crippen LogP contribution in [0.2, 0.25) is 5.02 Å². The summed E-state index contributed by atoms with van der Waals surface area (Å²) in [5, 5.41) is 10.3. The van der Waals surface area contributed by atoms with Crippen LogP contribution < -0.4 is 16.0 Å². The minimum Gasteiger partial charge on any atom is -0.352 e. The third-order valence-electron chi connectivity index (χ3n) is 5.30.